The van der Waals surface area contributed by atoms with Gasteiger partial charge in [-0.2, -0.15) is 0 Å². The molecule has 0 atom stereocenters. The third-order valence-electron chi connectivity index (χ3n) is 2.38. The maximum Gasteiger partial charge on any atom is 0.257 e. The van der Waals surface area contributed by atoms with Gasteiger partial charge in [-0.25, -0.2) is 4.98 Å². The van der Waals surface area contributed by atoms with E-state index >= 15 is 0 Å². The number of amides is 1. The Bertz CT molecular complexity index is 597. The molecule has 0 radical (unpaired) electrons. The molecule has 1 aromatic carbocycles. The highest BCUT2D eigenvalue weighted by atomic mass is 32.1. The van der Waals surface area contributed by atoms with Crippen LogP contribution < -0.4 is 10.1 Å². The summed E-state index contributed by atoms with van der Waals surface area (Å²) in [7, 11) is 0. The molecular weight excluding hydrogens is 272 g/mol. The van der Waals surface area contributed by atoms with Crippen molar-refractivity contribution in [3.05, 3.63) is 40.9 Å². The molecule has 1 aromatic heterocycles. The molecule has 0 fully saturated rings. The van der Waals surface area contributed by atoms with Crippen LogP contribution in [0.3, 0.4) is 0 Å². The van der Waals surface area contributed by atoms with Gasteiger partial charge in [0, 0.05) is 10.9 Å². The van der Waals surface area contributed by atoms with Crippen molar-refractivity contribution in [2.24, 2.45) is 0 Å². The summed E-state index contributed by atoms with van der Waals surface area (Å²) >= 11 is 1.42. The molecule has 106 valence electrons. The number of aryl methyl sites for hydroxylation is 1. The van der Waals surface area contributed by atoms with E-state index in [1.165, 1.54) is 11.3 Å². The van der Waals surface area contributed by atoms with E-state index in [1.807, 2.05) is 33.1 Å². The second-order valence-corrected chi connectivity index (χ2v) is 6.35. The number of carbonyl (C=O) groups excluding carboxylic acids is 1. The van der Waals surface area contributed by atoms with Crippen LogP contribution in [0.2, 0.25) is 0 Å². The van der Waals surface area contributed by atoms with Gasteiger partial charge in [0.05, 0.1) is 5.69 Å². The van der Waals surface area contributed by atoms with Gasteiger partial charge >= 0.3 is 0 Å². The lowest BCUT2D eigenvalue weighted by Gasteiger charge is -2.21. The van der Waals surface area contributed by atoms with E-state index in [2.05, 4.69) is 10.3 Å². The third kappa shape index (κ3) is 4.06. The maximum absolute atomic E-state index is 12.0. The highest BCUT2D eigenvalue weighted by Gasteiger charge is 2.13. The van der Waals surface area contributed by atoms with Gasteiger partial charge in [0.1, 0.15) is 11.4 Å². The minimum Gasteiger partial charge on any atom is -0.488 e. The number of hydrogen-bond acceptors (Lipinski definition) is 4. The van der Waals surface area contributed by atoms with Crippen LogP contribution >= 0.6 is 11.3 Å². The Morgan fingerprint density at radius 2 is 1.90 bits per heavy atom. The van der Waals surface area contributed by atoms with Crippen molar-refractivity contribution in [3.8, 4) is 5.75 Å². The number of hydrogen-bond donors (Lipinski definition) is 1. The van der Waals surface area contributed by atoms with Crippen LogP contribution in [0, 0.1) is 6.92 Å². The SMILES string of the molecule is Cc1csc(NC(=O)c2ccc(OC(C)(C)C)cc2)n1. The first-order chi connectivity index (χ1) is 9.33. The largest absolute Gasteiger partial charge is 0.488 e. The molecule has 0 saturated heterocycles. The number of benzene rings is 1. The topological polar surface area (TPSA) is 51.2 Å². The quantitative estimate of drug-likeness (QED) is 0.933. The molecule has 0 aliphatic carbocycles. The van der Waals surface area contributed by atoms with Crippen molar-refractivity contribution >= 4 is 22.4 Å². The highest BCUT2D eigenvalue weighted by molar-refractivity contribution is 7.13. The maximum atomic E-state index is 12.0. The van der Waals surface area contributed by atoms with Crippen LogP contribution in [-0.4, -0.2) is 16.5 Å². The van der Waals surface area contributed by atoms with Crippen LogP contribution in [0.25, 0.3) is 0 Å². The molecule has 0 unspecified atom stereocenters. The van der Waals surface area contributed by atoms with Crippen LogP contribution in [0.1, 0.15) is 36.8 Å². The lowest BCUT2D eigenvalue weighted by molar-refractivity contribution is 0.102. The van der Waals surface area contributed by atoms with E-state index in [0.29, 0.717) is 10.7 Å². The normalized spacial score (nSPS) is 11.2. The molecule has 0 saturated carbocycles. The molecule has 0 bridgehead atoms. The number of rotatable bonds is 3. The molecule has 2 rings (SSSR count). The average molecular weight is 290 g/mol. The van der Waals surface area contributed by atoms with Gasteiger partial charge in [-0.15, -0.1) is 11.3 Å². The van der Waals surface area contributed by atoms with Gasteiger partial charge in [-0.3, -0.25) is 10.1 Å². The molecule has 0 spiro atoms. The van der Waals surface area contributed by atoms with Crippen molar-refractivity contribution in [2.45, 2.75) is 33.3 Å². The average Bonchev–Trinajstić information content (AvgIpc) is 2.73. The second kappa shape index (κ2) is 5.63. The summed E-state index contributed by atoms with van der Waals surface area (Å²) in [5, 5.41) is 5.29. The molecule has 5 heteroatoms. The standard InChI is InChI=1S/C15H18N2O2S/c1-10-9-20-14(16-10)17-13(18)11-5-7-12(8-6-11)19-15(2,3)4/h5-9H,1-4H3,(H,16,17,18). The fourth-order valence-electron chi connectivity index (χ4n) is 1.61. The Kier molecular flexibility index (Phi) is 4.09. The first kappa shape index (κ1) is 14.5. The Balaban J connectivity index is 2.04. The summed E-state index contributed by atoms with van der Waals surface area (Å²) < 4.78 is 5.72. The Hall–Kier alpha value is -1.88. The van der Waals surface area contributed by atoms with E-state index < -0.39 is 0 Å². The van der Waals surface area contributed by atoms with E-state index in [-0.39, 0.29) is 11.5 Å². The molecule has 1 N–H and O–H groups in total. The number of nitrogens with one attached hydrogen (secondary N) is 1. The van der Waals surface area contributed by atoms with E-state index in [4.69, 9.17) is 4.74 Å². The fraction of sp³-hybridized carbons (Fsp3) is 0.333. The van der Waals surface area contributed by atoms with E-state index in [1.54, 1.807) is 24.3 Å². The van der Waals surface area contributed by atoms with Crippen molar-refractivity contribution < 1.29 is 9.53 Å². The van der Waals surface area contributed by atoms with Crippen molar-refractivity contribution in [1.82, 2.24) is 4.98 Å². The van der Waals surface area contributed by atoms with Crippen LogP contribution in [0.4, 0.5) is 5.13 Å². The smallest absolute Gasteiger partial charge is 0.257 e. The molecular formula is C15H18N2O2S. The Morgan fingerprint density at radius 3 is 2.40 bits per heavy atom. The molecule has 1 heterocycles. The fourth-order valence-corrected chi connectivity index (χ4v) is 2.29. The van der Waals surface area contributed by atoms with Gasteiger partial charge in [-0.05, 0) is 52.0 Å². The van der Waals surface area contributed by atoms with Crippen molar-refractivity contribution in [3.63, 3.8) is 0 Å². The van der Waals surface area contributed by atoms with Crippen LogP contribution in [0.15, 0.2) is 29.6 Å². The minimum absolute atomic E-state index is 0.165. The van der Waals surface area contributed by atoms with E-state index in [0.717, 1.165) is 11.4 Å². The molecule has 0 aliphatic rings. The third-order valence-corrected chi connectivity index (χ3v) is 3.26. The summed E-state index contributed by atoms with van der Waals surface area (Å²) in [5.74, 6) is 0.584. The summed E-state index contributed by atoms with van der Waals surface area (Å²) in [6.45, 7) is 7.85. The number of aromatic nitrogens is 1. The van der Waals surface area contributed by atoms with Gasteiger partial charge in [0.2, 0.25) is 0 Å². The zero-order chi connectivity index (χ0) is 14.8. The summed E-state index contributed by atoms with van der Waals surface area (Å²) in [5.41, 5.74) is 1.24. The Labute approximate surface area is 122 Å². The second-order valence-electron chi connectivity index (χ2n) is 5.49. The molecule has 0 aliphatic heterocycles. The molecule has 2 aromatic rings. The zero-order valence-corrected chi connectivity index (χ0v) is 12.9. The molecule has 1 amide bonds. The number of carbonyl (C=O) groups is 1. The van der Waals surface area contributed by atoms with Gasteiger partial charge in [-0.1, -0.05) is 0 Å². The van der Waals surface area contributed by atoms with Crippen molar-refractivity contribution in [1.29, 1.82) is 0 Å². The first-order valence-corrected chi connectivity index (χ1v) is 7.24. The zero-order valence-electron chi connectivity index (χ0n) is 12.1. The minimum atomic E-state index is -0.248. The Morgan fingerprint density at radius 1 is 1.25 bits per heavy atom. The predicted octanol–water partition coefficient (Wildman–Crippen LogP) is 3.88. The van der Waals surface area contributed by atoms with Gasteiger partial charge in [0.25, 0.3) is 5.91 Å². The number of thiazole rings is 1. The van der Waals surface area contributed by atoms with Gasteiger partial charge in [0.15, 0.2) is 5.13 Å². The lowest BCUT2D eigenvalue weighted by Crippen LogP contribution is -2.23. The molecule has 20 heavy (non-hydrogen) atoms. The molecule has 4 nitrogen and oxygen atoms in total. The summed E-state index contributed by atoms with van der Waals surface area (Å²) in [6.07, 6.45) is 0. The summed E-state index contributed by atoms with van der Waals surface area (Å²) in [4.78, 5) is 16.2. The van der Waals surface area contributed by atoms with Gasteiger partial charge < -0.3 is 4.74 Å². The number of anilines is 1. The summed E-state index contributed by atoms with van der Waals surface area (Å²) in [6, 6.07) is 7.09. The van der Waals surface area contributed by atoms with Crippen LogP contribution in [-0.2, 0) is 0 Å². The monoisotopic (exact) mass is 290 g/mol. The van der Waals surface area contributed by atoms with Crippen molar-refractivity contribution in [2.75, 3.05) is 5.32 Å². The first-order valence-electron chi connectivity index (χ1n) is 6.36. The number of nitrogens with zero attached hydrogens (tertiary/aromatic N) is 1. The lowest BCUT2D eigenvalue weighted by atomic mass is 10.1. The van der Waals surface area contributed by atoms with E-state index in [9.17, 15) is 4.79 Å². The van der Waals surface area contributed by atoms with Crippen LogP contribution in [0.5, 0.6) is 5.75 Å². The predicted molar refractivity (Wildman–Crippen MR) is 81.6 cm³/mol. The number of ether oxygens (including phenoxy) is 1. The highest BCUT2D eigenvalue weighted by Crippen LogP contribution is 2.20.